The first-order valence-electron chi connectivity index (χ1n) is 10.8. The van der Waals surface area contributed by atoms with Crippen molar-refractivity contribution in [3.63, 3.8) is 0 Å². The predicted octanol–water partition coefficient (Wildman–Crippen LogP) is 4.34. The number of carboxylic acid groups (broad SMARTS) is 1. The van der Waals surface area contributed by atoms with Crippen molar-refractivity contribution >= 4 is 29.6 Å². The summed E-state index contributed by atoms with van der Waals surface area (Å²) in [5.41, 5.74) is 5.08. The van der Waals surface area contributed by atoms with Gasteiger partial charge in [-0.1, -0.05) is 72.3 Å². The van der Waals surface area contributed by atoms with Crippen LogP contribution in [0.25, 0.3) is 11.1 Å². The van der Waals surface area contributed by atoms with Crippen molar-refractivity contribution in [2.24, 2.45) is 0 Å². The normalized spacial score (nSPS) is 12.9. The Balaban J connectivity index is 1.38. The minimum absolute atomic E-state index is 0.0616. The summed E-state index contributed by atoms with van der Waals surface area (Å²) >= 11 is 5.86. The van der Waals surface area contributed by atoms with Crippen LogP contribution in [0.4, 0.5) is 4.79 Å². The third-order valence-corrected chi connectivity index (χ3v) is 5.96. The molecule has 1 unspecified atom stereocenters. The number of amides is 2. The first-order valence-corrected chi connectivity index (χ1v) is 11.2. The summed E-state index contributed by atoms with van der Waals surface area (Å²) in [4.78, 5) is 36.3. The second-order valence-corrected chi connectivity index (χ2v) is 8.40. The second kappa shape index (κ2) is 10.4. The van der Waals surface area contributed by atoms with E-state index in [-0.39, 0.29) is 19.1 Å². The summed E-state index contributed by atoms with van der Waals surface area (Å²) < 4.78 is 5.44. The Hall–Kier alpha value is -3.84. The van der Waals surface area contributed by atoms with Crippen molar-refractivity contribution in [2.45, 2.75) is 24.9 Å². The first kappa shape index (κ1) is 23.3. The molecule has 3 aromatic rings. The summed E-state index contributed by atoms with van der Waals surface area (Å²) in [6, 6.07) is 21.4. The zero-order chi connectivity index (χ0) is 24.1. The fraction of sp³-hybridized carbons (Fsp3) is 0.192. The van der Waals surface area contributed by atoms with Crippen molar-refractivity contribution in [1.29, 1.82) is 0 Å². The highest BCUT2D eigenvalue weighted by Crippen LogP contribution is 2.44. The zero-order valence-electron chi connectivity index (χ0n) is 18.2. The number of alkyl carbamates (subject to hydrolysis) is 1. The minimum Gasteiger partial charge on any atom is -0.481 e. The summed E-state index contributed by atoms with van der Waals surface area (Å²) in [6.45, 7) is 0.227. The zero-order valence-corrected chi connectivity index (χ0v) is 18.9. The molecule has 4 rings (SSSR count). The molecule has 1 atom stereocenters. The molecular weight excluding hydrogens is 456 g/mol. The van der Waals surface area contributed by atoms with E-state index in [0.717, 1.165) is 27.8 Å². The maximum absolute atomic E-state index is 12.6. The lowest BCUT2D eigenvalue weighted by Crippen LogP contribution is -2.48. The van der Waals surface area contributed by atoms with Crippen LogP contribution in [-0.2, 0) is 20.9 Å². The molecule has 0 aromatic heterocycles. The lowest BCUT2D eigenvalue weighted by molar-refractivity contribution is -0.139. The van der Waals surface area contributed by atoms with Crippen LogP contribution >= 0.6 is 11.6 Å². The van der Waals surface area contributed by atoms with Gasteiger partial charge < -0.3 is 20.5 Å². The van der Waals surface area contributed by atoms with Gasteiger partial charge in [-0.05, 0) is 39.9 Å². The van der Waals surface area contributed by atoms with Gasteiger partial charge in [0.1, 0.15) is 12.6 Å². The van der Waals surface area contributed by atoms with Gasteiger partial charge in [0.05, 0.1) is 6.42 Å². The molecule has 34 heavy (non-hydrogen) atoms. The predicted molar refractivity (Wildman–Crippen MR) is 128 cm³/mol. The van der Waals surface area contributed by atoms with Crippen LogP contribution < -0.4 is 10.6 Å². The summed E-state index contributed by atoms with van der Waals surface area (Å²) in [6.07, 6.45) is -1.42. The van der Waals surface area contributed by atoms with Gasteiger partial charge in [-0.3, -0.25) is 9.59 Å². The third kappa shape index (κ3) is 5.38. The first-order chi connectivity index (χ1) is 16.4. The molecule has 7 nitrogen and oxygen atoms in total. The number of ether oxygens (including phenoxy) is 1. The number of carbonyl (C=O) groups is 3. The Kier molecular flexibility index (Phi) is 7.13. The Morgan fingerprint density at radius 2 is 1.50 bits per heavy atom. The van der Waals surface area contributed by atoms with Crippen molar-refractivity contribution in [1.82, 2.24) is 10.6 Å². The Labute approximate surface area is 201 Å². The van der Waals surface area contributed by atoms with Crippen molar-refractivity contribution in [3.8, 4) is 11.1 Å². The maximum Gasteiger partial charge on any atom is 0.407 e. The summed E-state index contributed by atoms with van der Waals surface area (Å²) in [5, 5.41) is 14.8. The van der Waals surface area contributed by atoms with Gasteiger partial charge >= 0.3 is 12.1 Å². The SMILES string of the molecule is O=C(O)CC(NC(=O)OCC1c2ccccc2-c2ccccc21)C(=O)NCc1ccc(Cl)cc1. The quantitative estimate of drug-likeness (QED) is 0.446. The Bertz CT molecular complexity index is 1170. The van der Waals surface area contributed by atoms with E-state index < -0.39 is 30.4 Å². The number of nitrogens with one attached hydrogen (secondary N) is 2. The van der Waals surface area contributed by atoms with Gasteiger partial charge in [0.2, 0.25) is 5.91 Å². The molecular formula is C26H23ClN2O5. The van der Waals surface area contributed by atoms with Gasteiger partial charge in [0.15, 0.2) is 0 Å². The fourth-order valence-corrected chi connectivity index (χ4v) is 4.21. The van der Waals surface area contributed by atoms with Crippen molar-refractivity contribution in [3.05, 3.63) is 94.5 Å². The van der Waals surface area contributed by atoms with Gasteiger partial charge in [-0.15, -0.1) is 0 Å². The van der Waals surface area contributed by atoms with Crippen LogP contribution in [-0.4, -0.2) is 35.7 Å². The van der Waals surface area contributed by atoms with E-state index in [2.05, 4.69) is 10.6 Å². The summed E-state index contributed by atoms with van der Waals surface area (Å²) in [5.74, 6) is -1.98. The number of carbonyl (C=O) groups excluding carboxylic acids is 2. The van der Waals surface area contributed by atoms with Gasteiger partial charge in [-0.2, -0.15) is 0 Å². The van der Waals surface area contributed by atoms with Gasteiger partial charge in [-0.25, -0.2) is 4.79 Å². The molecule has 0 heterocycles. The number of hydrogen-bond donors (Lipinski definition) is 3. The smallest absolute Gasteiger partial charge is 0.407 e. The van der Waals surface area contributed by atoms with E-state index in [9.17, 15) is 19.5 Å². The number of halogens is 1. The molecule has 174 valence electrons. The Morgan fingerprint density at radius 1 is 0.912 bits per heavy atom. The minimum atomic E-state index is -1.28. The maximum atomic E-state index is 12.6. The number of aliphatic carboxylic acids is 1. The topological polar surface area (TPSA) is 105 Å². The molecule has 0 saturated carbocycles. The molecule has 8 heteroatoms. The molecule has 3 N–H and O–H groups in total. The molecule has 1 aliphatic carbocycles. The Morgan fingerprint density at radius 3 is 2.09 bits per heavy atom. The lowest BCUT2D eigenvalue weighted by atomic mass is 9.98. The van der Waals surface area contributed by atoms with Crippen LogP contribution in [0.1, 0.15) is 29.0 Å². The number of hydrogen-bond acceptors (Lipinski definition) is 4. The highest BCUT2D eigenvalue weighted by atomic mass is 35.5. The molecule has 3 aromatic carbocycles. The standard InChI is InChI=1S/C26H23ClN2O5/c27-17-11-9-16(10-12-17)14-28-25(32)23(13-24(30)31)29-26(33)34-15-22-20-7-3-1-5-18(20)19-6-2-4-8-21(19)22/h1-12,22-23H,13-15H2,(H,28,32)(H,29,33)(H,30,31). The van der Waals surface area contributed by atoms with E-state index in [1.54, 1.807) is 24.3 Å². The number of fused-ring (bicyclic) bond motifs is 3. The van der Waals surface area contributed by atoms with Crippen molar-refractivity contribution < 1.29 is 24.2 Å². The number of carboxylic acids is 1. The molecule has 2 amide bonds. The van der Waals surface area contributed by atoms with E-state index in [4.69, 9.17) is 16.3 Å². The molecule has 0 bridgehead atoms. The lowest BCUT2D eigenvalue weighted by Gasteiger charge is -2.19. The number of benzene rings is 3. The average Bonchev–Trinajstić information content (AvgIpc) is 3.15. The van der Waals surface area contributed by atoms with Crippen LogP contribution in [0.5, 0.6) is 0 Å². The highest BCUT2D eigenvalue weighted by Gasteiger charge is 2.30. The van der Waals surface area contributed by atoms with E-state index in [1.165, 1.54) is 0 Å². The third-order valence-electron chi connectivity index (χ3n) is 5.71. The average molecular weight is 479 g/mol. The largest absolute Gasteiger partial charge is 0.481 e. The van der Waals surface area contributed by atoms with Crippen molar-refractivity contribution in [2.75, 3.05) is 6.61 Å². The van der Waals surface area contributed by atoms with Crippen LogP contribution in [0.3, 0.4) is 0 Å². The molecule has 1 aliphatic rings. The fourth-order valence-electron chi connectivity index (χ4n) is 4.08. The highest BCUT2D eigenvalue weighted by molar-refractivity contribution is 6.30. The monoisotopic (exact) mass is 478 g/mol. The molecule has 0 aliphatic heterocycles. The molecule has 0 spiro atoms. The second-order valence-electron chi connectivity index (χ2n) is 7.96. The van der Waals surface area contributed by atoms with E-state index >= 15 is 0 Å². The molecule has 0 fully saturated rings. The van der Waals surface area contributed by atoms with Gasteiger partial charge in [0, 0.05) is 17.5 Å². The molecule has 0 radical (unpaired) electrons. The van der Waals surface area contributed by atoms with Gasteiger partial charge in [0.25, 0.3) is 0 Å². The molecule has 0 saturated heterocycles. The van der Waals surface area contributed by atoms with Crippen LogP contribution in [0.15, 0.2) is 72.8 Å². The van der Waals surface area contributed by atoms with E-state index in [0.29, 0.717) is 5.02 Å². The van der Waals surface area contributed by atoms with Crippen LogP contribution in [0, 0.1) is 0 Å². The van der Waals surface area contributed by atoms with Crippen LogP contribution in [0.2, 0.25) is 5.02 Å². The summed E-state index contributed by atoms with van der Waals surface area (Å²) in [7, 11) is 0. The van der Waals surface area contributed by atoms with E-state index in [1.807, 2.05) is 48.5 Å². The number of rotatable bonds is 8.